The Morgan fingerprint density at radius 3 is 2.70 bits per heavy atom. The molecule has 46 heavy (non-hydrogen) atoms. The van der Waals surface area contributed by atoms with Gasteiger partial charge in [-0.05, 0) is 56.2 Å². The first-order valence-electron chi connectivity index (χ1n) is 15.2. The van der Waals surface area contributed by atoms with E-state index in [1.807, 2.05) is 41.3 Å². The molecule has 1 unspecified atom stereocenters. The molecular weight excluding hydrogens is 591 g/mol. The first kappa shape index (κ1) is 29.3. The largest absolute Gasteiger partial charge is 0.451 e. The zero-order chi connectivity index (χ0) is 32.2. The molecule has 2 amide bonds. The van der Waals surface area contributed by atoms with Crippen molar-refractivity contribution in [1.29, 1.82) is 0 Å². The molecule has 1 fully saturated rings. The van der Waals surface area contributed by atoms with Gasteiger partial charge in [-0.25, -0.2) is 14.2 Å². The topological polar surface area (TPSA) is 131 Å². The van der Waals surface area contributed by atoms with Crippen LogP contribution >= 0.6 is 0 Å². The number of hydrogen-bond donors (Lipinski definition) is 3. The Labute approximate surface area is 263 Å². The standard InChI is InChI=1S/C34H33FN6O5/c1-34(2,3)46-33(44)39-22-9-11-40(16-22)29-25(35)14-23-28-31(29)45-27-13-20-7-5-4-6-19(20)12-26(27)41(28)17-24(30(23)42)32(43)37-10-8-21-15-36-18-38-21/h4-7,12-15,17-18,22H,8-11,16H2,1-3H3,(H,36,38)(H,37,43)(H,39,44). The van der Waals surface area contributed by atoms with Crippen LogP contribution in [0.2, 0.25) is 0 Å². The highest BCUT2D eigenvalue weighted by molar-refractivity contribution is 6.02. The molecule has 1 atom stereocenters. The number of carbonyl (C=O) groups excluding carboxylic acids is 2. The van der Waals surface area contributed by atoms with Crippen molar-refractivity contribution in [2.75, 3.05) is 24.5 Å². The van der Waals surface area contributed by atoms with Gasteiger partial charge in [0, 0.05) is 44.1 Å². The third-order valence-electron chi connectivity index (χ3n) is 8.17. The number of anilines is 1. The average molecular weight is 625 g/mol. The van der Waals surface area contributed by atoms with Crippen LogP contribution in [-0.4, -0.2) is 57.8 Å². The van der Waals surface area contributed by atoms with Gasteiger partial charge in [0.1, 0.15) is 22.4 Å². The van der Waals surface area contributed by atoms with Gasteiger partial charge in [-0.3, -0.25) is 9.59 Å². The summed E-state index contributed by atoms with van der Waals surface area (Å²) in [6, 6.07) is 12.5. The number of H-pyrrole nitrogens is 1. The number of halogens is 1. The zero-order valence-electron chi connectivity index (χ0n) is 25.6. The molecule has 236 valence electrons. The number of imidazole rings is 1. The number of hydrogen-bond acceptors (Lipinski definition) is 7. The molecule has 4 heterocycles. The summed E-state index contributed by atoms with van der Waals surface area (Å²) in [7, 11) is 0. The van der Waals surface area contributed by atoms with Gasteiger partial charge in [-0.15, -0.1) is 0 Å². The lowest BCUT2D eigenvalue weighted by Gasteiger charge is -2.29. The van der Waals surface area contributed by atoms with E-state index in [1.54, 1.807) is 37.9 Å². The van der Waals surface area contributed by atoms with Crippen molar-refractivity contribution in [2.45, 2.75) is 45.3 Å². The number of carbonyl (C=O) groups is 2. The summed E-state index contributed by atoms with van der Waals surface area (Å²) in [5.41, 5.74) is 0.641. The fourth-order valence-corrected chi connectivity index (χ4v) is 6.13. The van der Waals surface area contributed by atoms with Crippen LogP contribution in [-0.2, 0) is 11.2 Å². The maximum Gasteiger partial charge on any atom is 0.407 e. The molecule has 0 aliphatic carbocycles. The predicted octanol–water partition coefficient (Wildman–Crippen LogP) is 5.19. The molecule has 0 radical (unpaired) electrons. The van der Waals surface area contributed by atoms with Gasteiger partial charge < -0.3 is 34.6 Å². The maximum absolute atomic E-state index is 16.2. The summed E-state index contributed by atoms with van der Waals surface area (Å²) >= 11 is 0. The SMILES string of the molecule is CC(C)(C)OC(=O)NC1CCN(c2c(F)cc3c(=O)c(C(=O)NCCc4cnc[nH]4)cn4c3c2Oc2cc3ccccc3cc2-4)C1. The van der Waals surface area contributed by atoms with E-state index in [2.05, 4.69) is 20.6 Å². The Morgan fingerprint density at radius 1 is 1.17 bits per heavy atom. The molecular formula is C34H33FN6O5. The molecule has 2 aliphatic heterocycles. The number of fused-ring (bicyclic) bond motifs is 3. The van der Waals surface area contributed by atoms with Crippen molar-refractivity contribution in [3.63, 3.8) is 0 Å². The number of alkyl carbamates (subject to hydrolysis) is 1. The van der Waals surface area contributed by atoms with Gasteiger partial charge in [0.15, 0.2) is 17.3 Å². The van der Waals surface area contributed by atoms with Gasteiger partial charge in [0.25, 0.3) is 5.91 Å². The lowest BCUT2D eigenvalue weighted by atomic mass is 10.0. The van der Waals surface area contributed by atoms with E-state index >= 15 is 4.39 Å². The number of ether oxygens (including phenoxy) is 2. The van der Waals surface area contributed by atoms with Crippen molar-refractivity contribution < 1.29 is 23.5 Å². The summed E-state index contributed by atoms with van der Waals surface area (Å²) in [6.07, 6.45) is 5.25. The average Bonchev–Trinajstić information content (AvgIpc) is 3.69. The second-order valence-electron chi connectivity index (χ2n) is 12.6. The third kappa shape index (κ3) is 5.40. The fourth-order valence-electron chi connectivity index (χ4n) is 6.13. The predicted molar refractivity (Wildman–Crippen MR) is 172 cm³/mol. The molecule has 0 saturated carbocycles. The quantitative estimate of drug-likeness (QED) is 0.233. The number of aromatic nitrogens is 3. The van der Waals surface area contributed by atoms with Crippen LogP contribution in [0.4, 0.5) is 14.9 Å². The van der Waals surface area contributed by atoms with Crippen molar-refractivity contribution >= 4 is 39.4 Å². The molecule has 12 heteroatoms. The van der Waals surface area contributed by atoms with Gasteiger partial charge in [-0.2, -0.15) is 0 Å². The Bertz CT molecular complexity index is 2070. The van der Waals surface area contributed by atoms with Gasteiger partial charge in [0.2, 0.25) is 5.43 Å². The lowest BCUT2D eigenvalue weighted by molar-refractivity contribution is 0.0508. The molecule has 5 aromatic rings. The van der Waals surface area contributed by atoms with Gasteiger partial charge in [0.05, 0.1) is 23.4 Å². The van der Waals surface area contributed by atoms with Crippen molar-refractivity contribution in [3.05, 3.63) is 88.5 Å². The van der Waals surface area contributed by atoms with Gasteiger partial charge >= 0.3 is 6.09 Å². The Morgan fingerprint density at radius 2 is 1.96 bits per heavy atom. The minimum atomic E-state index is -0.662. The van der Waals surface area contributed by atoms with E-state index < -0.39 is 28.8 Å². The van der Waals surface area contributed by atoms with Crippen LogP contribution in [0.5, 0.6) is 11.5 Å². The molecule has 3 aromatic carbocycles. The van der Waals surface area contributed by atoms with E-state index in [4.69, 9.17) is 9.47 Å². The van der Waals surface area contributed by atoms with E-state index in [0.717, 1.165) is 16.5 Å². The molecule has 11 nitrogen and oxygen atoms in total. The second kappa shape index (κ2) is 11.2. The first-order chi connectivity index (χ1) is 22.1. The monoisotopic (exact) mass is 624 g/mol. The second-order valence-corrected chi connectivity index (χ2v) is 12.6. The fraction of sp³-hybridized carbons (Fsp3) is 0.294. The molecule has 2 aromatic heterocycles. The minimum absolute atomic E-state index is 0.0268. The molecule has 0 spiro atoms. The summed E-state index contributed by atoms with van der Waals surface area (Å²) in [5.74, 6) is -0.592. The smallest absolute Gasteiger partial charge is 0.407 e. The maximum atomic E-state index is 16.2. The van der Waals surface area contributed by atoms with Crippen molar-refractivity contribution in [2.24, 2.45) is 0 Å². The summed E-state index contributed by atoms with van der Waals surface area (Å²) in [4.78, 5) is 48.4. The number of pyridine rings is 1. The molecule has 3 N–H and O–H groups in total. The van der Waals surface area contributed by atoms with Crippen molar-refractivity contribution in [3.8, 4) is 17.2 Å². The zero-order valence-corrected chi connectivity index (χ0v) is 25.6. The van der Waals surface area contributed by atoms with Gasteiger partial charge in [-0.1, -0.05) is 24.3 Å². The number of benzene rings is 3. The number of amides is 2. The number of nitrogens with zero attached hydrogens (tertiary/aromatic N) is 3. The first-order valence-corrected chi connectivity index (χ1v) is 15.2. The lowest BCUT2D eigenvalue weighted by Crippen LogP contribution is -2.40. The van der Waals surface area contributed by atoms with E-state index in [0.29, 0.717) is 42.9 Å². The van der Waals surface area contributed by atoms with Crippen LogP contribution in [0.25, 0.3) is 27.4 Å². The summed E-state index contributed by atoms with van der Waals surface area (Å²) in [5, 5.41) is 7.56. The highest BCUT2D eigenvalue weighted by Crippen LogP contribution is 2.48. The Hall–Kier alpha value is -5.39. The minimum Gasteiger partial charge on any atom is -0.451 e. The Balaban J connectivity index is 1.31. The number of aromatic amines is 1. The molecule has 1 saturated heterocycles. The number of nitrogens with one attached hydrogen (secondary N) is 3. The van der Waals surface area contributed by atoms with E-state index in [1.165, 1.54) is 12.3 Å². The van der Waals surface area contributed by atoms with Crippen LogP contribution in [0, 0.1) is 5.82 Å². The summed E-state index contributed by atoms with van der Waals surface area (Å²) in [6.45, 7) is 6.38. The number of rotatable bonds is 6. The molecule has 0 bridgehead atoms. The highest BCUT2D eigenvalue weighted by Gasteiger charge is 2.34. The highest BCUT2D eigenvalue weighted by atomic mass is 19.1. The van der Waals surface area contributed by atoms with E-state index in [9.17, 15) is 14.4 Å². The van der Waals surface area contributed by atoms with Crippen LogP contribution in [0.3, 0.4) is 0 Å². The Kier molecular flexibility index (Phi) is 7.14. The van der Waals surface area contributed by atoms with Crippen molar-refractivity contribution in [1.82, 2.24) is 25.2 Å². The third-order valence-corrected chi connectivity index (χ3v) is 8.17. The van der Waals surface area contributed by atoms with Crippen LogP contribution < -0.4 is 25.7 Å². The summed E-state index contributed by atoms with van der Waals surface area (Å²) < 4.78 is 29.8. The molecule has 2 aliphatic rings. The van der Waals surface area contributed by atoms with E-state index in [-0.39, 0.29) is 35.0 Å². The van der Waals surface area contributed by atoms with Crippen LogP contribution in [0.1, 0.15) is 43.2 Å². The van der Waals surface area contributed by atoms with Crippen LogP contribution in [0.15, 0.2) is 66.0 Å². The normalized spacial score (nSPS) is 15.5. The molecule has 7 rings (SSSR count).